The molecule has 2 rings (SSSR count). The van der Waals surface area contributed by atoms with Gasteiger partial charge in [-0.05, 0) is 26.7 Å². The number of nitrogens with zero attached hydrogens (tertiary/aromatic N) is 2. The average Bonchev–Trinajstić information content (AvgIpc) is 3.23. The third-order valence-corrected chi connectivity index (χ3v) is 3.02. The standard InChI is InChI=1S/C13H21N5O2/c1-4-14-11-10(20-3)12(16-7-15-11)17-8(2)13(19)18-9-5-6-9/h7-9H,4-6H2,1-3H3,(H,18,19)(H2,14,15,16,17). The van der Waals surface area contributed by atoms with Gasteiger partial charge in [-0.15, -0.1) is 0 Å². The van der Waals surface area contributed by atoms with Crippen molar-refractivity contribution >= 4 is 17.5 Å². The van der Waals surface area contributed by atoms with Crippen LogP contribution in [0.15, 0.2) is 6.33 Å². The molecule has 0 saturated heterocycles. The minimum atomic E-state index is -0.381. The van der Waals surface area contributed by atoms with Crippen molar-refractivity contribution < 1.29 is 9.53 Å². The molecule has 1 saturated carbocycles. The van der Waals surface area contributed by atoms with Gasteiger partial charge in [-0.2, -0.15) is 0 Å². The minimum Gasteiger partial charge on any atom is -0.490 e. The van der Waals surface area contributed by atoms with Crippen LogP contribution >= 0.6 is 0 Å². The van der Waals surface area contributed by atoms with Gasteiger partial charge in [-0.3, -0.25) is 4.79 Å². The third-order valence-electron chi connectivity index (χ3n) is 3.02. The Morgan fingerprint density at radius 1 is 1.45 bits per heavy atom. The lowest BCUT2D eigenvalue weighted by Crippen LogP contribution is -2.39. The van der Waals surface area contributed by atoms with E-state index in [1.165, 1.54) is 6.33 Å². The molecule has 3 N–H and O–H groups in total. The number of hydrogen-bond acceptors (Lipinski definition) is 6. The molecule has 7 nitrogen and oxygen atoms in total. The van der Waals surface area contributed by atoms with Gasteiger partial charge in [0.05, 0.1) is 7.11 Å². The van der Waals surface area contributed by atoms with Crippen molar-refractivity contribution in [2.45, 2.75) is 38.8 Å². The molecule has 1 amide bonds. The van der Waals surface area contributed by atoms with E-state index in [4.69, 9.17) is 4.74 Å². The number of rotatable bonds is 7. The zero-order valence-electron chi connectivity index (χ0n) is 12.1. The predicted molar refractivity (Wildman–Crippen MR) is 77.0 cm³/mol. The van der Waals surface area contributed by atoms with Crippen LogP contribution in [0, 0.1) is 0 Å². The van der Waals surface area contributed by atoms with Gasteiger partial charge in [0.1, 0.15) is 12.4 Å². The van der Waals surface area contributed by atoms with Gasteiger partial charge in [0.25, 0.3) is 0 Å². The first-order valence-electron chi connectivity index (χ1n) is 6.85. The number of methoxy groups -OCH3 is 1. The van der Waals surface area contributed by atoms with E-state index in [-0.39, 0.29) is 11.9 Å². The molecule has 0 spiro atoms. The number of carbonyl (C=O) groups is 1. The fourth-order valence-electron chi connectivity index (χ4n) is 1.79. The summed E-state index contributed by atoms with van der Waals surface area (Å²) in [5.41, 5.74) is 0. The highest BCUT2D eigenvalue weighted by Crippen LogP contribution is 2.29. The molecule has 1 aliphatic carbocycles. The Balaban J connectivity index is 2.06. The Morgan fingerprint density at radius 3 is 2.75 bits per heavy atom. The molecule has 0 aliphatic heterocycles. The number of amides is 1. The maximum absolute atomic E-state index is 11.9. The van der Waals surface area contributed by atoms with Crippen LogP contribution in [0.25, 0.3) is 0 Å². The molecule has 1 aliphatic rings. The lowest BCUT2D eigenvalue weighted by Gasteiger charge is -2.17. The summed E-state index contributed by atoms with van der Waals surface area (Å²) >= 11 is 0. The van der Waals surface area contributed by atoms with Crippen molar-refractivity contribution in [3.63, 3.8) is 0 Å². The molecule has 1 fully saturated rings. The van der Waals surface area contributed by atoms with Crippen LogP contribution in [-0.2, 0) is 4.79 Å². The number of aromatic nitrogens is 2. The Kier molecular flexibility index (Phi) is 4.60. The summed E-state index contributed by atoms with van der Waals surface area (Å²) in [6.07, 6.45) is 3.58. The van der Waals surface area contributed by atoms with Crippen LogP contribution in [0.4, 0.5) is 11.6 Å². The van der Waals surface area contributed by atoms with Crippen molar-refractivity contribution in [2.75, 3.05) is 24.3 Å². The van der Waals surface area contributed by atoms with Gasteiger partial charge in [0, 0.05) is 12.6 Å². The van der Waals surface area contributed by atoms with Crippen LogP contribution in [0.3, 0.4) is 0 Å². The van der Waals surface area contributed by atoms with Crippen LogP contribution in [0.1, 0.15) is 26.7 Å². The second-order valence-electron chi connectivity index (χ2n) is 4.78. The summed E-state index contributed by atoms with van der Waals surface area (Å²) in [7, 11) is 1.56. The normalized spacial score (nSPS) is 15.3. The van der Waals surface area contributed by atoms with Crippen LogP contribution in [0.2, 0.25) is 0 Å². The number of hydrogen-bond donors (Lipinski definition) is 3. The highest BCUT2D eigenvalue weighted by Gasteiger charge is 2.26. The SMILES string of the molecule is CCNc1ncnc(NC(C)C(=O)NC2CC2)c1OC. The molecule has 20 heavy (non-hydrogen) atoms. The fourth-order valence-corrected chi connectivity index (χ4v) is 1.79. The van der Waals surface area contributed by atoms with Gasteiger partial charge >= 0.3 is 0 Å². The lowest BCUT2D eigenvalue weighted by atomic mass is 10.3. The molecule has 0 aromatic carbocycles. The number of anilines is 2. The van der Waals surface area contributed by atoms with Crippen LogP contribution < -0.4 is 20.7 Å². The van der Waals surface area contributed by atoms with E-state index in [0.29, 0.717) is 23.4 Å². The first-order valence-corrected chi connectivity index (χ1v) is 6.85. The summed E-state index contributed by atoms with van der Waals surface area (Å²) in [6, 6.07) is -0.0368. The van der Waals surface area contributed by atoms with E-state index >= 15 is 0 Å². The third kappa shape index (κ3) is 3.49. The molecular formula is C13H21N5O2. The van der Waals surface area contributed by atoms with Gasteiger partial charge in [0.2, 0.25) is 11.7 Å². The summed E-state index contributed by atoms with van der Waals surface area (Å²) in [4.78, 5) is 20.2. The summed E-state index contributed by atoms with van der Waals surface area (Å²) in [6.45, 7) is 4.50. The molecule has 1 aromatic heterocycles. The van der Waals surface area contributed by atoms with Crippen molar-refractivity contribution in [3.8, 4) is 5.75 Å². The summed E-state index contributed by atoms with van der Waals surface area (Å²) < 4.78 is 5.32. The summed E-state index contributed by atoms with van der Waals surface area (Å²) in [5.74, 6) is 1.61. The lowest BCUT2D eigenvalue weighted by molar-refractivity contribution is -0.121. The topological polar surface area (TPSA) is 88.2 Å². The van der Waals surface area contributed by atoms with Crippen molar-refractivity contribution in [2.24, 2.45) is 0 Å². The largest absolute Gasteiger partial charge is 0.490 e. The number of ether oxygens (including phenoxy) is 1. The fraction of sp³-hybridized carbons (Fsp3) is 0.615. The van der Waals surface area contributed by atoms with E-state index in [9.17, 15) is 4.79 Å². The molecule has 1 unspecified atom stereocenters. The Bertz CT molecular complexity index is 476. The molecule has 110 valence electrons. The Labute approximate surface area is 118 Å². The van der Waals surface area contributed by atoms with Gasteiger partial charge in [0.15, 0.2) is 11.6 Å². The quantitative estimate of drug-likeness (QED) is 0.690. The molecule has 1 aromatic rings. The van der Waals surface area contributed by atoms with E-state index in [1.54, 1.807) is 14.0 Å². The maximum Gasteiger partial charge on any atom is 0.242 e. The molecular weight excluding hydrogens is 258 g/mol. The van der Waals surface area contributed by atoms with Crippen LogP contribution in [0.5, 0.6) is 5.75 Å². The second-order valence-corrected chi connectivity index (χ2v) is 4.78. The molecule has 0 bridgehead atoms. The van der Waals surface area contributed by atoms with Crippen molar-refractivity contribution in [1.82, 2.24) is 15.3 Å². The Morgan fingerprint density at radius 2 is 2.15 bits per heavy atom. The van der Waals surface area contributed by atoms with E-state index in [0.717, 1.165) is 19.4 Å². The Hall–Kier alpha value is -2.05. The monoisotopic (exact) mass is 279 g/mol. The first-order chi connectivity index (χ1) is 9.65. The predicted octanol–water partition coefficient (Wildman–Crippen LogP) is 0.996. The average molecular weight is 279 g/mol. The molecule has 0 radical (unpaired) electrons. The number of carbonyl (C=O) groups excluding carboxylic acids is 1. The van der Waals surface area contributed by atoms with Crippen molar-refractivity contribution in [3.05, 3.63) is 6.33 Å². The zero-order chi connectivity index (χ0) is 14.5. The van der Waals surface area contributed by atoms with Gasteiger partial charge in [-0.25, -0.2) is 9.97 Å². The highest BCUT2D eigenvalue weighted by molar-refractivity contribution is 5.85. The van der Waals surface area contributed by atoms with Gasteiger partial charge < -0.3 is 20.7 Å². The van der Waals surface area contributed by atoms with Crippen LogP contribution in [-0.4, -0.2) is 41.6 Å². The maximum atomic E-state index is 11.9. The molecule has 1 atom stereocenters. The van der Waals surface area contributed by atoms with E-state index < -0.39 is 0 Å². The highest BCUT2D eigenvalue weighted by atomic mass is 16.5. The minimum absolute atomic E-state index is 0.0295. The van der Waals surface area contributed by atoms with Crippen molar-refractivity contribution in [1.29, 1.82) is 0 Å². The second kappa shape index (κ2) is 6.40. The molecule has 1 heterocycles. The first kappa shape index (κ1) is 14.4. The summed E-state index contributed by atoms with van der Waals surface area (Å²) in [5, 5.41) is 9.11. The molecule has 7 heteroatoms. The zero-order valence-corrected chi connectivity index (χ0v) is 12.1. The van der Waals surface area contributed by atoms with E-state index in [2.05, 4.69) is 25.9 Å². The smallest absolute Gasteiger partial charge is 0.242 e. The number of nitrogens with one attached hydrogen (secondary N) is 3. The van der Waals surface area contributed by atoms with E-state index in [1.807, 2.05) is 6.92 Å². The van der Waals surface area contributed by atoms with Gasteiger partial charge in [-0.1, -0.05) is 0 Å².